The van der Waals surface area contributed by atoms with Gasteiger partial charge in [-0.25, -0.2) is 13.6 Å². The number of amides is 1. The zero-order valence-corrected chi connectivity index (χ0v) is 18.1. The van der Waals surface area contributed by atoms with Crippen molar-refractivity contribution in [2.45, 2.75) is 63.8 Å². The molecule has 3 N–H and O–H groups in total. The first-order valence-corrected chi connectivity index (χ1v) is 10.5. The molecule has 0 saturated heterocycles. The molecule has 0 radical (unpaired) electrons. The van der Waals surface area contributed by atoms with Gasteiger partial charge >= 0.3 is 6.09 Å². The number of carbonyl (C=O) groups excluding carboxylic acids is 1. The first kappa shape index (κ1) is 23.2. The van der Waals surface area contributed by atoms with E-state index in [0.29, 0.717) is 5.56 Å². The van der Waals surface area contributed by atoms with Crippen LogP contribution in [-0.2, 0) is 17.6 Å². The number of benzene rings is 2. The molecule has 0 spiro atoms. The van der Waals surface area contributed by atoms with Gasteiger partial charge in [0.1, 0.15) is 23.8 Å². The Morgan fingerprint density at radius 2 is 1.87 bits per heavy atom. The number of halogens is 2. The van der Waals surface area contributed by atoms with E-state index in [0.717, 1.165) is 18.9 Å². The van der Waals surface area contributed by atoms with Crippen molar-refractivity contribution in [3.8, 4) is 0 Å². The number of aryl methyl sites for hydroxylation is 1. The summed E-state index contributed by atoms with van der Waals surface area (Å²) in [4.78, 5) is 12.3. The summed E-state index contributed by atoms with van der Waals surface area (Å²) in [5.41, 5.74) is 2.26. The molecular weight excluding hydrogens is 402 g/mol. The molecule has 0 saturated carbocycles. The summed E-state index contributed by atoms with van der Waals surface area (Å²) >= 11 is 0. The zero-order valence-electron chi connectivity index (χ0n) is 18.1. The van der Waals surface area contributed by atoms with E-state index in [1.165, 1.54) is 23.3 Å². The average molecular weight is 433 g/mol. The molecule has 0 bridgehead atoms. The van der Waals surface area contributed by atoms with Crippen LogP contribution < -0.4 is 10.6 Å². The summed E-state index contributed by atoms with van der Waals surface area (Å²) in [7, 11) is 0. The number of fused-ring (bicyclic) bond motifs is 1. The van der Waals surface area contributed by atoms with Crippen LogP contribution in [0.2, 0.25) is 0 Å². The summed E-state index contributed by atoms with van der Waals surface area (Å²) in [5, 5.41) is 16.8. The second kappa shape index (κ2) is 9.75. The number of ether oxygens (including phenoxy) is 1. The molecule has 5 nitrogen and oxygen atoms in total. The van der Waals surface area contributed by atoms with E-state index in [1.807, 2.05) is 12.1 Å². The normalized spacial score (nSPS) is 17.7. The molecule has 3 rings (SSSR count). The highest BCUT2D eigenvalue weighted by molar-refractivity contribution is 5.68. The number of rotatable bonds is 7. The van der Waals surface area contributed by atoms with E-state index in [9.17, 15) is 18.7 Å². The predicted octanol–water partition coefficient (Wildman–Crippen LogP) is 4.04. The van der Waals surface area contributed by atoms with Crippen LogP contribution in [0.25, 0.3) is 0 Å². The van der Waals surface area contributed by atoms with Gasteiger partial charge in [-0.3, -0.25) is 0 Å². The number of hydrogen-bond donors (Lipinski definition) is 3. The van der Waals surface area contributed by atoms with Crippen LogP contribution >= 0.6 is 0 Å². The Labute approximate surface area is 181 Å². The topological polar surface area (TPSA) is 70.6 Å². The number of aliphatic hydroxyl groups excluding tert-OH is 1. The van der Waals surface area contributed by atoms with Crippen LogP contribution in [0.5, 0.6) is 0 Å². The summed E-state index contributed by atoms with van der Waals surface area (Å²) in [6.45, 7) is 5.59. The maximum atomic E-state index is 13.6. The van der Waals surface area contributed by atoms with Gasteiger partial charge in [0.25, 0.3) is 0 Å². The van der Waals surface area contributed by atoms with Crippen molar-refractivity contribution in [1.82, 2.24) is 10.6 Å². The lowest BCUT2D eigenvalue weighted by Crippen LogP contribution is -2.46. The summed E-state index contributed by atoms with van der Waals surface area (Å²) in [6, 6.07) is 11.4. The van der Waals surface area contributed by atoms with Crippen LogP contribution in [0.15, 0.2) is 42.5 Å². The fraction of sp³-hybridized carbons (Fsp3) is 0.458. The summed E-state index contributed by atoms with van der Waals surface area (Å²) < 4.78 is 32.7. The van der Waals surface area contributed by atoms with E-state index in [-0.39, 0.29) is 19.0 Å². The number of alkyl carbamates (subject to hydrolysis) is 1. The van der Waals surface area contributed by atoms with Gasteiger partial charge in [0.15, 0.2) is 0 Å². The lowest BCUT2D eigenvalue weighted by atomic mass is 10.0. The third-order valence-corrected chi connectivity index (χ3v) is 5.23. The monoisotopic (exact) mass is 432 g/mol. The minimum Gasteiger partial charge on any atom is -0.443 e. The lowest BCUT2D eigenvalue weighted by Gasteiger charge is -2.27. The van der Waals surface area contributed by atoms with Crippen LogP contribution in [-0.4, -0.2) is 35.5 Å². The van der Waals surface area contributed by atoms with Gasteiger partial charge in [0.05, 0.1) is 0 Å². The molecule has 3 atom stereocenters. The van der Waals surface area contributed by atoms with Crippen molar-refractivity contribution in [2.24, 2.45) is 0 Å². The van der Waals surface area contributed by atoms with Gasteiger partial charge in [-0.1, -0.05) is 24.3 Å². The van der Waals surface area contributed by atoms with E-state index >= 15 is 0 Å². The van der Waals surface area contributed by atoms with Crippen molar-refractivity contribution >= 4 is 6.09 Å². The van der Waals surface area contributed by atoms with Crippen molar-refractivity contribution in [1.29, 1.82) is 0 Å². The lowest BCUT2D eigenvalue weighted by molar-refractivity contribution is 0.000373. The Hall–Kier alpha value is -2.51. The summed E-state index contributed by atoms with van der Waals surface area (Å²) in [5.74, 6) is -1.44. The van der Waals surface area contributed by atoms with Crippen molar-refractivity contribution in [3.05, 3.63) is 70.8 Å². The number of aliphatic hydroxyl groups is 1. The molecule has 168 valence electrons. The fourth-order valence-electron chi connectivity index (χ4n) is 3.85. The molecule has 2 aromatic rings. The maximum absolute atomic E-state index is 13.6. The van der Waals surface area contributed by atoms with E-state index in [4.69, 9.17) is 4.74 Å². The minimum absolute atomic E-state index is 0.0175. The molecule has 0 aromatic heterocycles. The Kier molecular flexibility index (Phi) is 7.28. The van der Waals surface area contributed by atoms with Crippen molar-refractivity contribution in [2.75, 3.05) is 6.54 Å². The fourth-order valence-corrected chi connectivity index (χ4v) is 3.85. The third-order valence-electron chi connectivity index (χ3n) is 5.23. The molecule has 0 heterocycles. The van der Waals surface area contributed by atoms with E-state index in [1.54, 1.807) is 20.8 Å². The molecule has 1 aliphatic rings. The SMILES string of the molecule is CC(C)(C)NC(=O)O[C@@H](Cc1cc(F)cc(F)c1)[C@H](O)CN[C@H]1CCc2ccccc21. The van der Waals surface area contributed by atoms with Gasteiger partial charge in [-0.2, -0.15) is 0 Å². The largest absolute Gasteiger partial charge is 0.443 e. The molecule has 0 unspecified atom stereocenters. The second-order valence-electron chi connectivity index (χ2n) is 9.07. The van der Waals surface area contributed by atoms with E-state index in [2.05, 4.69) is 22.8 Å². The Balaban J connectivity index is 1.69. The number of carbonyl (C=O) groups is 1. The molecule has 31 heavy (non-hydrogen) atoms. The first-order chi connectivity index (χ1) is 14.6. The maximum Gasteiger partial charge on any atom is 0.407 e. The van der Waals surface area contributed by atoms with Crippen LogP contribution in [0.3, 0.4) is 0 Å². The van der Waals surface area contributed by atoms with Crippen molar-refractivity contribution < 1.29 is 23.4 Å². The molecular formula is C24H30F2N2O3. The predicted molar refractivity (Wildman–Crippen MR) is 115 cm³/mol. The third kappa shape index (κ3) is 6.74. The Bertz CT molecular complexity index is 894. The van der Waals surface area contributed by atoms with Gasteiger partial charge in [0.2, 0.25) is 0 Å². The Morgan fingerprint density at radius 3 is 2.55 bits per heavy atom. The minimum atomic E-state index is -1.06. The molecule has 1 amide bonds. The van der Waals surface area contributed by atoms with Crippen LogP contribution in [0.1, 0.15) is 49.9 Å². The van der Waals surface area contributed by atoms with Gasteiger partial charge in [0, 0.05) is 30.6 Å². The first-order valence-electron chi connectivity index (χ1n) is 10.5. The highest BCUT2D eigenvalue weighted by Gasteiger charge is 2.28. The zero-order chi connectivity index (χ0) is 22.6. The van der Waals surface area contributed by atoms with Gasteiger partial charge in [-0.15, -0.1) is 0 Å². The molecule has 2 aromatic carbocycles. The molecule has 0 fully saturated rings. The van der Waals surface area contributed by atoms with E-state index < -0.39 is 35.5 Å². The summed E-state index contributed by atoms with van der Waals surface area (Å²) in [6.07, 6.45) is -0.884. The van der Waals surface area contributed by atoms with Crippen LogP contribution in [0, 0.1) is 11.6 Å². The van der Waals surface area contributed by atoms with Crippen molar-refractivity contribution in [3.63, 3.8) is 0 Å². The molecule has 1 aliphatic carbocycles. The quantitative estimate of drug-likeness (QED) is 0.618. The average Bonchev–Trinajstić information content (AvgIpc) is 3.06. The molecule has 7 heteroatoms. The Morgan fingerprint density at radius 1 is 1.19 bits per heavy atom. The number of hydrogen-bond acceptors (Lipinski definition) is 4. The van der Waals surface area contributed by atoms with Gasteiger partial charge in [-0.05, 0) is 62.4 Å². The molecule has 0 aliphatic heterocycles. The number of nitrogens with one attached hydrogen (secondary N) is 2. The standard InChI is InChI=1S/C24H30F2N2O3/c1-24(2,3)28-23(30)31-22(12-15-10-17(25)13-18(26)11-15)21(29)14-27-20-9-8-16-6-4-5-7-19(16)20/h4-7,10-11,13,20-22,27,29H,8-9,12,14H2,1-3H3,(H,28,30)/t20-,21+,22-/m0/s1. The second-order valence-corrected chi connectivity index (χ2v) is 9.07. The highest BCUT2D eigenvalue weighted by Crippen LogP contribution is 2.30. The highest BCUT2D eigenvalue weighted by atomic mass is 19.1. The van der Waals surface area contributed by atoms with Gasteiger partial charge < -0.3 is 20.5 Å². The van der Waals surface area contributed by atoms with Crippen LogP contribution in [0.4, 0.5) is 13.6 Å². The smallest absolute Gasteiger partial charge is 0.407 e.